The van der Waals surface area contributed by atoms with Crippen molar-refractivity contribution in [3.8, 4) is 5.75 Å². The highest BCUT2D eigenvalue weighted by Crippen LogP contribution is 2.22. The van der Waals surface area contributed by atoms with Crippen LogP contribution in [0.1, 0.15) is 41.6 Å². The number of carbonyl (C=O) groups excluding carboxylic acids is 1. The van der Waals surface area contributed by atoms with Crippen molar-refractivity contribution in [2.75, 3.05) is 6.61 Å². The summed E-state index contributed by atoms with van der Waals surface area (Å²) in [7, 11) is 0. The van der Waals surface area contributed by atoms with Crippen LogP contribution in [-0.2, 0) is 13.0 Å². The molecule has 4 aromatic rings. The number of aromatic nitrogens is 2. The third kappa shape index (κ3) is 4.77. The molecule has 0 fully saturated rings. The van der Waals surface area contributed by atoms with Crippen LogP contribution in [0.4, 0.5) is 0 Å². The van der Waals surface area contributed by atoms with Crippen LogP contribution in [0.5, 0.6) is 5.75 Å². The first kappa shape index (κ1) is 20.7. The summed E-state index contributed by atoms with van der Waals surface area (Å²) in [6.45, 7) is 5.25. The minimum Gasteiger partial charge on any atom is -0.492 e. The molecule has 5 nitrogen and oxygen atoms in total. The summed E-state index contributed by atoms with van der Waals surface area (Å²) in [5.41, 5.74) is 3.86. The average Bonchev–Trinajstić information content (AvgIpc) is 3.19. The van der Waals surface area contributed by atoms with E-state index in [1.807, 2.05) is 73.7 Å². The maximum Gasteiger partial charge on any atom is 0.251 e. The van der Waals surface area contributed by atoms with Gasteiger partial charge in [0, 0.05) is 5.56 Å². The molecule has 0 saturated heterocycles. The summed E-state index contributed by atoms with van der Waals surface area (Å²) >= 11 is 0. The van der Waals surface area contributed by atoms with Gasteiger partial charge in [0.2, 0.25) is 0 Å². The largest absolute Gasteiger partial charge is 0.492 e. The lowest BCUT2D eigenvalue weighted by Crippen LogP contribution is -2.29. The van der Waals surface area contributed by atoms with Crippen molar-refractivity contribution in [1.82, 2.24) is 14.9 Å². The van der Waals surface area contributed by atoms with Gasteiger partial charge in [-0.25, -0.2) is 4.98 Å². The van der Waals surface area contributed by atoms with Crippen molar-refractivity contribution in [2.24, 2.45) is 0 Å². The van der Waals surface area contributed by atoms with E-state index in [1.54, 1.807) is 0 Å². The molecule has 1 N–H and O–H groups in total. The van der Waals surface area contributed by atoms with Gasteiger partial charge >= 0.3 is 0 Å². The van der Waals surface area contributed by atoms with Crippen LogP contribution in [0.15, 0.2) is 78.9 Å². The average molecular weight is 414 g/mol. The molecule has 0 spiro atoms. The third-order valence-electron chi connectivity index (χ3n) is 5.37. The summed E-state index contributed by atoms with van der Waals surface area (Å²) in [5.74, 6) is 1.56. The number of amides is 1. The lowest BCUT2D eigenvalue weighted by atomic mass is 10.2. The zero-order chi connectivity index (χ0) is 21.6. The molecule has 3 aromatic carbocycles. The molecule has 0 bridgehead atoms. The summed E-state index contributed by atoms with van der Waals surface area (Å²) in [6, 6.07) is 25.2. The van der Waals surface area contributed by atoms with E-state index in [-0.39, 0.29) is 11.9 Å². The number of carbonyl (C=O) groups is 1. The summed E-state index contributed by atoms with van der Waals surface area (Å²) < 4.78 is 8.11. The normalized spacial score (nSPS) is 11.9. The quantitative estimate of drug-likeness (QED) is 0.434. The lowest BCUT2D eigenvalue weighted by Gasteiger charge is -2.17. The highest BCUT2D eigenvalue weighted by molar-refractivity contribution is 5.94. The highest BCUT2D eigenvalue weighted by atomic mass is 16.5. The molecule has 1 aromatic heterocycles. The van der Waals surface area contributed by atoms with Crippen molar-refractivity contribution in [3.63, 3.8) is 0 Å². The van der Waals surface area contributed by atoms with Crippen LogP contribution in [-0.4, -0.2) is 22.1 Å². The lowest BCUT2D eigenvalue weighted by molar-refractivity contribution is 0.0937. The van der Waals surface area contributed by atoms with E-state index in [0.717, 1.165) is 29.0 Å². The molecular weight excluding hydrogens is 386 g/mol. The van der Waals surface area contributed by atoms with E-state index < -0.39 is 0 Å². The van der Waals surface area contributed by atoms with Crippen molar-refractivity contribution in [2.45, 2.75) is 32.9 Å². The fourth-order valence-corrected chi connectivity index (χ4v) is 3.67. The number of ether oxygens (including phenoxy) is 1. The van der Waals surface area contributed by atoms with Crippen LogP contribution in [0.3, 0.4) is 0 Å². The monoisotopic (exact) mass is 413 g/mol. The Morgan fingerprint density at radius 3 is 2.45 bits per heavy atom. The topological polar surface area (TPSA) is 56.1 Å². The summed E-state index contributed by atoms with van der Waals surface area (Å²) in [6.07, 6.45) is 1.01. The van der Waals surface area contributed by atoms with Crippen LogP contribution >= 0.6 is 0 Å². The molecule has 1 amide bonds. The molecule has 0 aliphatic rings. The van der Waals surface area contributed by atoms with Gasteiger partial charge in [-0.15, -0.1) is 0 Å². The molecule has 4 rings (SSSR count). The number of hydrogen-bond acceptors (Lipinski definition) is 3. The fourth-order valence-electron chi connectivity index (χ4n) is 3.67. The molecule has 1 unspecified atom stereocenters. The maximum atomic E-state index is 12.6. The van der Waals surface area contributed by atoms with Crippen molar-refractivity contribution >= 4 is 16.9 Å². The smallest absolute Gasteiger partial charge is 0.251 e. The standard InChI is InChI=1S/C26H27N3O2/c1-3-20-13-15-22(16-14-20)31-18-17-29-24-12-8-7-11-23(24)28-25(29)19(2)27-26(30)21-9-5-4-6-10-21/h4-16,19H,3,17-18H2,1-2H3,(H,27,30). The van der Waals surface area contributed by atoms with Crippen LogP contribution in [0.2, 0.25) is 0 Å². The first-order chi connectivity index (χ1) is 15.2. The number of aryl methyl sites for hydroxylation is 1. The predicted molar refractivity (Wildman–Crippen MR) is 123 cm³/mol. The molecule has 1 atom stereocenters. The molecule has 0 radical (unpaired) electrons. The molecule has 5 heteroatoms. The Bertz CT molecular complexity index is 1150. The van der Waals surface area contributed by atoms with Gasteiger partial charge in [0.15, 0.2) is 0 Å². The molecule has 158 valence electrons. The van der Waals surface area contributed by atoms with Gasteiger partial charge in [0.1, 0.15) is 18.2 Å². The van der Waals surface area contributed by atoms with Gasteiger partial charge in [-0.3, -0.25) is 4.79 Å². The molecule has 31 heavy (non-hydrogen) atoms. The Labute approximate surface area is 182 Å². The van der Waals surface area contributed by atoms with Crippen molar-refractivity contribution in [1.29, 1.82) is 0 Å². The number of nitrogens with one attached hydrogen (secondary N) is 1. The Kier molecular flexibility index (Phi) is 6.32. The number of imidazole rings is 1. The van der Waals surface area contributed by atoms with E-state index in [1.165, 1.54) is 5.56 Å². The number of nitrogens with zero attached hydrogens (tertiary/aromatic N) is 2. The molecule has 0 aliphatic heterocycles. The second-order valence-corrected chi connectivity index (χ2v) is 7.52. The van der Waals surface area contributed by atoms with Gasteiger partial charge in [0.05, 0.1) is 23.6 Å². The summed E-state index contributed by atoms with van der Waals surface area (Å²) in [4.78, 5) is 17.4. The Morgan fingerprint density at radius 1 is 1.00 bits per heavy atom. The first-order valence-corrected chi connectivity index (χ1v) is 10.7. The fraction of sp³-hybridized carbons (Fsp3) is 0.231. The highest BCUT2D eigenvalue weighted by Gasteiger charge is 2.19. The van der Waals surface area contributed by atoms with Crippen LogP contribution < -0.4 is 10.1 Å². The van der Waals surface area contributed by atoms with E-state index in [4.69, 9.17) is 9.72 Å². The first-order valence-electron chi connectivity index (χ1n) is 10.7. The number of rotatable bonds is 8. The Hall–Kier alpha value is -3.60. The van der Waals surface area contributed by atoms with Crippen LogP contribution in [0.25, 0.3) is 11.0 Å². The number of fused-ring (bicyclic) bond motifs is 1. The van der Waals surface area contributed by atoms with E-state index in [0.29, 0.717) is 18.7 Å². The number of para-hydroxylation sites is 2. The van der Waals surface area contributed by atoms with Crippen LogP contribution in [0, 0.1) is 0 Å². The van der Waals surface area contributed by atoms with Crippen molar-refractivity contribution < 1.29 is 9.53 Å². The zero-order valence-electron chi connectivity index (χ0n) is 17.9. The van der Waals surface area contributed by atoms with Gasteiger partial charge < -0.3 is 14.6 Å². The van der Waals surface area contributed by atoms with Gasteiger partial charge in [-0.05, 0) is 55.3 Å². The van der Waals surface area contributed by atoms with Gasteiger partial charge in [-0.2, -0.15) is 0 Å². The van der Waals surface area contributed by atoms with E-state index >= 15 is 0 Å². The second-order valence-electron chi connectivity index (χ2n) is 7.52. The number of benzene rings is 3. The zero-order valence-corrected chi connectivity index (χ0v) is 17.9. The predicted octanol–water partition coefficient (Wildman–Crippen LogP) is 5.17. The minimum absolute atomic E-state index is 0.112. The maximum absolute atomic E-state index is 12.6. The minimum atomic E-state index is -0.246. The summed E-state index contributed by atoms with van der Waals surface area (Å²) in [5, 5.41) is 3.07. The molecule has 0 saturated carbocycles. The van der Waals surface area contributed by atoms with E-state index in [2.05, 4.69) is 28.9 Å². The van der Waals surface area contributed by atoms with Crippen molar-refractivity contribution in [3.05, 3.63) is 95.8 Å². The van der Waals surface area contributed by atoms with E-state index in [9.17, 15) is 4.79 Å². The van der Waals surface area contributed by atoms with Gasteiger partial charge in [-0.1, -0.05) is 49.4 Å². The molecule has 1 heterocycles. The second kappa shape index (κ2) is 9.47. The Balaban J connectivity index is 1.51. The number of hydrogen-bond donors (Lipinski definition) is 1. The molecule has 0 aliphatic carbocycles. The van der Waals surface area contributed by atoms with Gasteiger partial charge in [0.25, 0.3) is 5.91 Å². The molecular formula is C26H27N3O2. The third-order valence-corrected chi connectivity index (χ3v) is 5.37. The Morgan fingerprint density at radius 2 is 1.71 bits per heavy atom. The SMILES string of the molecule is CCc1ccc(OCCn2c(C(C)NC(=O)c3ccccc3)nc3ccccc32)cc1.